The van der Waals surface area contributed by atoms with Crippen LogP contribution in [0, 0.1) is 11.6 Å². The summed E-state index contributed by atoms with van der Waals surface area (Å²) in [5.41, 5.74) is 0.440. The first-order chi connectivity index (χ1) is 8.18. The van der Waals surface area contributed by atoms with E-state index in [9.17, 15) is 13.6 Å². The van der Waals surface area contributed by atoms with Crippen molar-refractivity contribution in [2.45, 2.75) is 6.42 Å². The molecule has 1 heterocycles. The fourth-order valence-electron chi connectivity index (χ4n) is 1.49. The van der Waals surface area contributed by atoms with Crippen LogP contribution < -0.4 is 0 Å². The highest BCUT2D eigenvalue weighted by molar-refractivity contribution is 5.97. The minimum atomic E-state index is -0.968. The van der Waals surface area contributed by atoms with Crippen LogP contribution >= 0.6 is 0 Å². The zero-order valence-corrected chi connectivity index (χ0v) is 8.86. The summed E-state index contributed by atoms with van der Waals surface area (Å²) < 4.78 is 26.3. The number of pyridine rings is 1. The number of halogens is 2. The van der Waals surface area contributed by atoms with Gasteiger partial charge in [0.05, 0.1) is 0 Å². The molecular formula is C13H9F2NO. The second-order valence-electron chi connectivity index (χ2n) is 3.55. The summed E-state index contributed by atoms with van der Waals surface area (Å²) in [6, 6.07) is 7.01. The third-order valence-electron chi connectivity index (χ3n) is 2.37. The standard InChI is InChI=1S/C13H9F2NO/c14-11-5-1-3-9(13(11)15)7-12(17)10-4-2-6-16-8-10/h1-6,8H,7H2. The smallest absolute Gasteiger partial charge is 0.168 e. The molecule has 0 spiro atoms. The number of hydrogen-bond donors (Lipinski definition) is 0. The van der Waals surface area contributed by atoms with E-state index in [0.29, 0.717) is 5.56 Å². The Hall–Kier alpha value is -2.10. The molecule has 0 saturated carbocycles. The molecule has 0 saturated heterocycles. The van der Waals surface area contributed by atoms with Gasteiger partial charge in [0.1, 0.15) is 0 Å². The van der Waals surface area contributed by atoms with Gasteiger partial charge in [-0.15, -0.1) is 0 Å². The molecule has 2 rings (SSSR count). The Labute approximate surface area is 96.9 Å². The summed E-state index contributed by atoms with van der Waals surface area (Å²) in [5, 5.41) is 0. The molecule has 2 nitrogen and oxygen atoms in total. The quantitative estimate of drug-likeness (QED) is 0.763. The number of Topliss-reactive ketones (excluding diaryl/α,β-unsaturated/α-hetero) is 1. The lowest BCUT2D eigenvalue weighted by Crippen LogP contribution is -2.06. The number of carbonyl (C=O) groups is 1. The monoisotopic (exact) mass is 233 g/mol. The molecule has 0 aliphatic rings. The molecule has 0 atom stereocenters. The maximum Gasteiger partial charge on any atom is 0.168 e. The van der Waals surface area contributed by atoms with Crippen molar-refractivity contribution < 1.29 is 13.6 Å². The van der Waals surface area contributed by atoms with E-state index < -0.39 is 11.6 Å². The molecule has 86 valence electrons. The fraction of sp³-hybridized carbons (Fsp3) is 0.0769. The Morgan fingerprint density at radius 2 is 2.00 bits per heavy atom. The molecular weight excluding hydrogens is 224 g/mol. The Kier molecular flexibility index (Phi) is 3.23. The van der Waals surface area contributed by atoms with Crippen LogP contribution in [0.1, 0.15) is 15.9 Å². The van der Waals surface area contributed by atoms with Crippen molar-refractivity contribution in [2.24, 2.45) is 0 Å². The Balaban J connectivity index is 2.22. The molecule has 0 fully saturated rings. The minimum absolute atomic E-state index is 0.0545. The highest BCUT2D eigenvalue weighted by atomic mass is 19.2. The Morgan fingerprint density at radius 3 is 2.71 bits per heavy atom. The Morgan fingerprint density at radius 1 is 1.18 bits per heavy atom. The molecule has 0 bridgehead atoms. The number of aromatic nitrogens is 1. The van der Waals surface area contributed by atoms with E-state index >= 15 is 0 Å². The van der Waals surface area contributed by atoms with E-state index in [2.05, 4.69) is 4.98 Å². The van der Waals surface area contributed by atoms with E-state index in [-0.39, 0.29) is 17.8 Å². The molecule has 2 aromatic rings. The lowest BCUT2D eigenvalue weighted by atomic mass is 10.0. The molecule has 0 aliphatic heterocycles. The van der Waals surface area contributed by atoms with Crippen molar-refractivity contribution in [3.05, 3.63) is 65.5 Å². The van der Waals surface area contributed by atoms with E-state index in [1.165, 1.54) is 18.3 Å². The topological polar surface area (TPSA) is 30.0 Å². The summed E-state index contributed by atoms with van der Waals surface area (Å²) in [6.07, 6.45) is 2.77. The van der Waals surface area contributed by atoms with Crippen LogP contribution in [0.15, 0.2) is 42.7 Å². The third-order valence-corrected chi connectivity index (χ3v) is 2.37. The lowest BCUT2D eigenvalue weighted by molar-refractivity contribution is 0.0991. The second kappa shape index (κ2) is 4.82. The average Bonchev–Trinajstić information content (AvgIpc) is 2.36. The molecule has 0 unspecified atom stereocenters. The van der Waals surface area contributed by atoms with E-state index in [1.54, 1.807) is 18.3 Å². The number of rotatable bonds is 3. The summed E-state index contributed by atoms with van der Waals surface area (Å²) in [7, 11) is 0. The van der Waals surface area contributed by atoms with Crippen LogP contribution in [0.5, 0.6) is 0 Å². The van der Waals surface area contributed by atoms with Crippen molar-refractivity contribution >= 4 is 5.78 Å². The van der Waals surface area contributed by atoms with Gasteiger partial charge < -0.3 is 0 Å². The number of hydrogen-bond acceptors (Lipinski definition) is 2. The van der Waals surface area contributed by atoms with Gasteiger partial charge in [-0.25, -0.2) is 8.78 Å². The van der Waals surface area contributed by atoms with Crippen LogP contribution in [0.4, 0.5) is 8.78 Å². The van der Waals surface area contributed by atoms with Gasteiger partial charge >= 0.3 is 0 Å². The maximum atomic E-state index is 13.3. The van der Waals surface area contributed by atoms with Gasteiger partial charge in [0.15, 0.2) is 17.4 Å². The maximum absolute atomic E-state index is 13.3. The lowest BCUT2D eigenvalue weighted by Gasteiger charge is -2.03. The first-order valence-electron chi connectivity index (χ1n) is 5.04. The zero-order chi connectivity index (χ0) is 12.3. The van der Waals surface area contributed by atoms with Crippen LogP contribution in [-0.4, -0.2) is 10.8 Å². The van der Waals surface area contributed by atoms with Gasteiger partial charge in [-0.05, 0) is 23.8 Å². The number of carbonyl (C=O) groups excluding carboxylic acids is 1. The molecule has 0 N–H and O–H groups in total. The average molecular weight is 233 g/mol. The van der Waals surface area contributed by atoms with Gasteiger partial charge in [0.2, 0.25) is 0 Å². The normalized spacial score (nSPS) is 10.2. The Bertz CT molecular complexity index is 540. The van der Waals surface area contributed by atoms with Crippen molar-refractivity contribution in [3.8, 4) is 0 Å². The number of nitrogens with zero attached hydrogens (tertiary/aromatic N) is 1. The van der Waals surface area contributed by atoms with Crippen molar-refractivity contribution in [2.75, 3.05) is 0 Å². The van der Waals surface area contributed by atoms with E-state index in [0.717, 1.165) is 6.07 Å². The number of benzene rings is 1. The molecule has 1 aromatic heterocycles. The van der Waals surface area contributed by atoms with Crippen molar-refractivity contribution in [3.63, 3.8) is 0 Å². The van der Waals surface area contributed by atoms with Gasteiger partial charge in [-0.2, -0.15) is 0 Å². The summed E-state index contributed by atoms with van der Waals surface area (Å²) in [4.78, 5) is 15.5. The summed E-state index contributed by atoms with van der Waals surface area (Å²) >= 11 is 0. The van der Waals surface area contributed by atoms with Crippen LogP contribution in [0.25, 0.3) is 0 Å². The van der Waals surface area contributed by atoms with Gasteiger partial charge in [-0.3, -0.25) is 9.78 Å². The second-order valence-corrected chi connectivity index (χ2v) is 3.55. The molecule has 0 radical (unpaired) electrons. The molecule has 0 amide bonds. The van der Waals surface area contributed by atoms with Gasteiger partial charge in [0, 0.05) is 24.4 Å². The van der Waals surface area contributed by atoms with Gasteiger partial charge in [0.25, 0.3) is 0 Å². The molecule has 1 aromatic carbocycles. The summed E-state index contributed by atoms with van der Waals surface area (Å²) in [5.74, 6) is -2.20. The van der Waals surface area contributed by atoms with Crippen LogP contribution in [0.2, 0.25) is 0 Å². The van der Waals surface area contributed by atoms with Crippen molar-refractivity contribution in [1.29, 1.82) is 0 Å². The third kappa shape index (κ3) is 2.53. The fourth-order valence-corrected chi connectivity index (χ4v) is 1.49. The predicted octanol–water partition coefficient (Wildman–Crippen LogP) is 2.79. The zero-order valence-electron chi connectivity index (χ0n) is 8.86. The largest absolute Gasteiger partial charge is 0.294 e. The summed E-state index contributed by atoms with van der Waals surface area (Å²) in [6.45, 7) is 0. The molecule has 4 heteroatoms. The highest BCUT2D eigenvalue weighted by Gasteiger charge is 2.12. The first-order valence-corrected chi connectivity index (χ1v) is 5.04. The minimum Gasteiger partial charge on any atom is -0.294 e. The van der Waals surface area contributed by atoms with Crippen LogP contribution in [-0.2, 0) is 6.42 Å². The van der Waals surface area contributed by atoms with E-state index in [4.69, 9.17) is 0 Å². The van der Waals surface area contributed by atoms with Crippen LogP contribution in [0.3, 0.4) is 0 Å². The van der Waals surface area contributed by atoms with Crippen molar-refractivity contribution in [1.82, 2.24) is 4.98 Å². The van der Waals surface area contributed by atoms with Gasteiger partial charge in [-0.1, -0.05) is 12.1 Å². The highest BCUT2D eigenvalue weighted by Crippen LogP contribution is 2.14. The number of ketones is 1. The predicted molar refractivity (Wildman–Crippen MR) is 58.6 cm³/mol. The van der Waals surface area contributed by atoms with E-state index in [1.807, 2.05) is 0 Å². The molecule has 17 heavy (non-hydrogen) atoms. The first kappa shape index (κ1) is 11.4. The molecule has 0 aliphatic carbocycles. The SMILES string of the molecule is O=C(Cc1cccc(F)c1F)c1cccnc1.